The second kappa shape index (κ2) is 6.40. The van der Waals surface area contributed by atoms with Gasteiger partial charge in [-0.3, -0.25) is 4.98 Å². The Bertz CT molecular complexity index is 855. The van der Waals surface area contributed by atoms with Crippen LogP contribution in [0.2, 0.25) is 0 Å². The van der Waals surface area contributed by atoms with Gasteiger partial charge >= 0.3 is 0 Å². The summed E-state index contributed by atoms with van der Waals surface area (Å²) in [5, 5.41) is 2.34. The number of anilines is 1. The Hall–Kier alpha value is -2.75. The second-order valence-corrected chi connectivity index (χ2v) is 6.24. The van der Waals surface area contributed by atoms with E-state index in [1.807, 2.05) is 18.5 Å². The van der Waals surface area contributed by atoms with E-state index in [2.05, 4.69) is 40.2 Å². The minimum Gasteiger partial charge on any atom is -0.356 e. The molecule has 120 valence electrons. The summed E-state index contributed by atoms with van der Waals surface area (Å²) in [6, 6.07) is 12.4. The van der Waals surface area contributed by atoms with Gasteiger partial charge in [0.25, 0.3) is 0 Å². The average Bonchev–Trinajstić information content (AvgIpc) is 2.68. The maximum absolute atomic E-state index is 11.0. The Morgan fingerprint density at radius 1 is 1.00 bits per heavy atom. The molecule has 0 bridgehead atoms. The van der Waals surface area contributed by atoms with Crippen LogP contribution in [0.5, 0.6) is 0 Å². The summed E-state index contributed by atoms with van der Waals surface area (Å²) in [5.41, 5.74) is 2.18. The van der Waals surface area contributed by atoms with Gasteiger partial charge in [0, 0.05) is 54.1 Å². The van der Waals surface area contributed by atoms with Crippen molar-refractivity contribution in [3.05, 3.63) is 55.0 Å². The minimum atomic E-state index is 0.196. The summed E-state index contributed by atoms with van der Waals surface area (Å²) in [7, 11) is 0. The maximum Gasteiger partial charge on any atom is 0.136 e. The lowest BCUT2D eigenvalue weighted by Crippen LogP contribution is -2.34. The average molecular weight is 317 g/mol. The largest absolute Gasteiger partial charge is 0.356 e. The van der Waals surface area contributed by atoms with E-state index in [9.17, 15) is 4.79 Å². The van der Waals surface area contributed by atoms with Crippen molar-refractivity contribution in [3.8, 4) is 11.1 Å². The van der Waals surface area contributed by atoms with E-state index >= 15 is 0 Å². The summed E-state index contributed by atoms with van der Waals surface area (Å²) < 4.78 is 0. The van der Waals surface area contributed by atoms with Crippen LogP contribution in [0.4, 0.5) is 5.82 Å². The van der Waals surface area contributed by atoms with Gasteiger partial charge in [-0.15, -0.1) is 0 Å². The highest BCUT2D eigenvalue weighted by molar-refractivity contribution is 6.01. The van der Waals surface area contributed by atoms with Crippen molar-refractivity contribution in [2.75, 3.05) is 18.0 Å². The van der Waals surface area contributed by atoms with Crippen molar-refractivity contribution >= 4 is 22.9 Å². The van der Waals surface area contributed by atoms with Gasteiger partial charge in [0.15, 0.2) is 0 Å². The molecule has 0 atom stereocenters. The molecule has 3 aromatic rings. The number of rotatable bonds is 3. The van der Waals surface area contributed by atoms with Crippen molar-refractivity contribution in [1.29, 1.82) is 0 Å². The molecule has 0 spiro atoms. The van der Waals surface area contributed by atoms with Crippen molar-refractivity contribution in [2.24, 2.45) is 5.92 Å². The molecule has 2 aromatic heterocycles. The van der Waals surface area contributed by atoms with Crippen LogP contribution in [-0.4, -0.2) is 29.3 Å². The minimum absolute atomic E-state index is 0.196. The molecule has 1 fully saturated rings. The Balaban J connectivity index is 1.78. The number of aromatic nitrogens is 2. The highest BCUT2D eigenvalue weighted by atomic mass is 16.1. The van der Waals surface area contributed by atoms with Crippen LogP contribution < -0.4 is 4.90 Å². The van der Waals surface area contributed by atoms with Crippen LogP contribution in [0.3, 0.4) is 0 Å². The van der Waals surface area contributed by atoms with Crippen molar-refractivity contribution in [1.82, 2.24) is 9.97 Å². The first kappa shape index (κ1) is 14.8. The molecule has 0 aliphatic carbocycles. The van der Waals surface area contributed by atoms with Crippen LogP contribution in [0.15, 0.2) is 55.0 Å². The summed E-state index contributed by atoms with van der Waals surface area (Å²) >= 11 is 0. The third kappa shape index (κ3) is 2.64. The van der Waals surface area contributed by atoms with E-state index < -0.39 is 0 Å². The zero-order valence-electron chi connectivity index (χ0n) is 13.4. The molecule has 0 radical (unpaired) electrons. The molecule has 3 heterocycles. The van der Waals surface area contributed by atoms with Crippen LogP contribution in [0.25, 0.3) is 21.9 Å². The number of hydrogen-bond acceptors (Lipinski definition) is 4. The van der Waals surface area contributed by atoms with Crippen molar-refractivity contribution in [2.45, 2.75) is 12.8 Å². The van der Waals surface area contributed by atoms with Crippen LogP contribution >= 0.6 is 0 Å². The fourth-order valence-corrected chi connectivity index (χ4v) is 3.43. The second-order valence-electron chi connectivity index (χ2n) is 6.24. The monoisotopic (exact) mass is 317 g/mol. The Morgan fingerprint density at radius 2 is 1.79 bits per heavy atom. The van der Waals surface area contributed by atoms with Gasteiger partial charge in [0.1, 0.15) is 12.1 Å². The summed E-state index contributed by atoms with van der Waals surface area (Å²) in [5.74, 6) is 1.21. The molecule has 4 nitrogen and oxygen atoms in total. The first-order valence-corrected chi connectivity index (χ1v) is 8.35. The molecule has 1 aliphatic rings. The van der Waals surface area contributed by atoms with E-state index in [0.29, 0.717) is 0 Å². The van der Waals surface area contributed by atoms with E-state index in [0.717, 1.165) is 54.5 Å². The van der Waals surface area contributed by atoms with Gasteiger partial charge in [0.05, 0.1) is 0 Å². The number of carbonyl (C=O) groups is 1. The first-order valence-electron chi connectivity index (χ1n) is 8.35. The number of piperidine rings is 1. The lowest BCUT2D eigenvalue weighted by atomic mass is 9.97. The molecule has 4 rings (SSSR count). The van der Waals surface area contributed by atoms with Crippen molar-refractivity contribution in [3.63, 3.8) is 0 Å². The molecule has 1 saturated heterocycles. The highest BCUT2D eigenvalue weighted by Gasteiger charge is 2.21. The van der Waals surface area contributed by atoms with Gasteiger partial charge < -0.3 is 9.69 Å². The number of hydrogen-bond donors (Lipinski definition) is 0. The highest BCUT2D eigenvalue weighted by Crippen LogP contribution is 2.34. The molecular weight excluding hydrogens is 298 g/mol. The molecule has 0 unspecified atom stereocenters. The van der Waals surface area contributed by atoms with Gasteiger partial charge in [0.2, 0.25) is 0 Å². The fraction of sp³-hybridized carbons (Fsp3) is 0.250. The molecule has 0 N–H and O–H groups in total. The van der Waals surface area contributed by atoms with Crippen molar-refractivity contribution < 1.29 is 4.79 Å². The SMILES string of the molecule is O=CC1CCN(c2ncc(-c3cccnc3)c3ccccc23)CC1. The fourth-order valence-electron chi connectivity index (χ4n) is 3.43. The molecule has 1 aliphatic heterocycles. The number of pyridine rings is 2. The Labute approximate surface area is 141 Å². The number of nitrogens with zero attached hydrogens (tertiary/aromatic N) is 3. The van der Waals surface area contributed by atoms with E-state index in [4.69, 9.17) is 4.98 Å². The summed E-state index contributed by atoms with van der Waals surface area (Å²) in [6.07, 6.45) is 8.51. The summed E-state index contributed by atoms with van der Waals surface area (Å²) in [4.78, 5) is 22.3. The topological polar surface area (TPSA) is 46.1 Å². The van der Waals surface area contributed by atoms with Crippen LogP contribution in [0, 0.1) is 5.92 Å². The predicted molar refractivity (Wildman–Crippen MR) is 96.0 cm³/mol. The normalized spacial score (nSPS) is 15.6. The standard InChI is InChI=1S/C20H19N3O/c24-14-15-7-10-23(11-8-15)20-18-6-2-1-5-17(18)19(13-22-20)16-4-3-9-21-12-16/h1-6,9,12-15H,7-8,10-11H2. The van der Waals surface area contributed by atoms with E-state index in [1.54, 1.807) is 6.20 Å². The van der Waals surface area contributed by atoms with Crippen LogP contribution in [0.1, 0.15) is 12.8 Å². The van der Waals surface area contributed by atoms with E-state index in [-0.39, 0.29) is 5.92 Å². The Kier molecular flexibility index (Phi) is 3.95. The van der Waals surface area contributed by atoms with Gasteiger partial charge in [-0.25, -0.2) is 4.98 Å². The first-order chi connectivity index (χ1) is 11.9. The smallest absolute Gasteiger partial charge is 0.136 e. The molecule has 1 aromatic carbocycles. The molecule has 24 heavy (non-hydrogen) atoms. The Morgan fingerprint density at radius 3 is 2.50 bits per heavy atom. The molecule has 0 saturated carbocycles. The van der Waals surface area contributed by atoms with Gasteiger partial charge in [-0.1, -0.05) is 30.3 Å². The molecular formula is C20H19N3O. The summed E-state index contributed by atoms with van der Waals surface area (Å²) in [6.45, 7) is 1.76. The van der Waals surface area contributed by atoms with Crippen LogP contribution in [-0.2, 0) is 4.79 Å². The van der Waals surface area contributed by atoms with Gasteiger partial charge in [-0.2, -0.15) is 0 Å². The predicted octanol–water partition coefficient (Wildman–Crippen LogP) is 3.71. The third-order valence-corrected chi connectivity index (χ3v) is 4.78. The van der Waals surface area contributed by atoms with E-state index in [1.165, 1.54) is 5.39 Å². The van der Waals surface area contributed by atoms with Gasteiger partial charge in [-0.05, 0) is 24.3 Å². The zero-order valence-corrected chi connectivity index (χ0v) is 13.4. The number of aldehydes is 1. The lowest BCUT2D eigenvalue weighted by molar-refractivity contribution is -0.111. The number of benzene rings is 1. The molecule has 0 amide bonds. The third-order valence-electron chi connectivity index (χ3n) is 4.78. The molecule has 4 heteroatoms. The lowest BCUT2D eigenvalue weighted by Gasteiger charge is -2.31. The number of carbonyl (C=O) groups excluding carboxylic acids is 1. The quantitative estimate of drug-likeness (QED) is 0.691. The zero-order chi connectivity index (χ0) is 16.4. The maximum atomic E-state index is 11.0. The number of fused-ring (bicyclic) bond motifs is 1.